The summed E-state index contributed by atoms with van der Waals surface area (Å²) in [6.07, 6.45) is 0. The highest BCUT2D eigenvalue weighted by Gasteiger charge is 2.19. The van der Waals surface area contributed by atoms with E-state index in [0.717, 1.165) is 22.1 Å². The normalized spacial score (nSPS) is 15.1. The van der Waals surface area contributed by atoms with Gasteiger partial charge in [0, 0.05) is 16.8 Å². The molecule has 0 aliphatic rings. The van der Waals surface area contributed by atoms with Crippen molar-refractivity contribution in [3.63, 3.8) is 0 Å². The summed E-state index contributed by atoms with van der Waals surface area (Å²) < 4.78 is 5.93. The monoisotopic (exact) mass is 267 g/mol. The molecule has 2 heteroatoms. The van der Waals surface area contributed by atoms with Crippen LogP contribution in [-0.4, -0.2) is 0 Å². The van der Waals surface area contributed by atoms with Gasteiger partial charge in [-0.15, -0.1) is 0 Å². The van der Waals surface area contributed by atoms with E-state index in [9.17, 15) is 0 Å². The van der Waals surface area contributed by atoms with Crippen molar-refractivity contribution in [2.75, 3.05) is 0 Å². The number of para-hydroxylation sites is 1. The molecular formula is C18H21NO. The van der Waals surface area contributed by atoms with Crippen LogP contribution in [0.15, 0.2) is 46.9 Å². The van der Waals surface area contributed by atoms with Crippen LogP contribution in [0.3, 0.4) is 0 Å². The second-order valence-electron chi connectivity index (χ2n) is 5.98. The summed E-state index contributed by atoms with van der Waals surface area (Å²) in [6, 6.07) is 14.5. The third kappa shape index (κ3) is 2.10. The van der Waals surface area contributed by atoms with Gasteiger partial charge < -0.3 is 10.2 Å². The van der Waals surface area contributed by atoms with E-state index in [4.69, 9.17) is 10.2 Å². The third-order valence-electron chi connectivity index (χ3n) is 4.41. The molecule has 0 aliphatic heterocycles. The molecule has 0 bridgehead atoms. The van der Waals surface area contributed by atoms with E-state index in [1.54, 1.807) is 0 Å². The highest BCUT2D eigenvalue weighted by atomic mass is 16.3. The zero-order chi connectivity index (χ0) is 14.3. The van der Waals surface area contributed by atoms with Crippen LogP contribution in [0.5, 0.6) is 0 Å². The Labute approximate surface area is 119 Å². The molecule has 1 heterocycles. The maximum absolute atomic E-state index is 6.38. The van der Waals surface area contributed by atoms with E-state index in [1.165, 1.54) is 5.39 Å². The second kappa shape index (κ2) is 4.95. The van der Waals surface area contributed by atoms with Crippen LogP contribution in [0, 0.1) is 11.8 Å². The van der Waals surface area contributed by atoms with Crippen LogP contribution in [-0.2, 0) is 0 Å². The average Bonchev–Trinajstić information content (AvgIpc) is 2.83. The molecule has 3 aromatic rings. The molecule has 0 aliphatic carbocycles. The number of benzene rings is 2. The fourth-order valence-corrected chi connectivity index (χ4v) is 2.67. The number of furan rings is 1. The van der Waals surface area contributed by atoms with Crippen molar-refractivity contribution in [3.8, 4) is 0 Å². The fraction of sp³-hybridized carbons (Fsp3) is 0.333. The minimum Gasteiger partial charge on any atom is -0.456 e. The lowest BCUT2D eigenvalue weighted by Gasteiger charge is -2.23. The number of fused-ring (bicyclic) bond motifs is 3. The summed E-state index contributed by atoms with van der Waals surface area (Å²) in [7, 11) is 0. The van der Waals surface area contributed by atoms with Gasteiger partial charge in [-0.2, -0.15) is 0 Å². The van der Waals surface area contributed by atoms with Crippen LogP contribution in [0.4, 0.5) is 0 Å². The highest BCUT2D eigenvalue weighted by Crippen LogP contribution is 2.32. The fourth-order valence-electron chi connectivity index (χ4n) is 2.67. The van der Waals surface area contributed by atoms with E-state index < -0.39 is 0 Å². The van der Waals surface area contributed by atoms with Gasteiger partial charge >= 0.3 is 0 Å². The van der Waals surface area contributed by atoms with Crippen molar-refractivity contribution in [1.29, 1.82) is 0 Å². The summed E-state index contributed by atoms with van der Waals surface area (Å²) in [6.45, 7) is 6.63. The zero-order valence-electron chi connectivity index (χ0n) is 12.3. The third-order valence-corrected chi connectivity index (χ3v) is 4.41. The Kier molecular flexibility index (Phi) is 3.27. The largest absolute Gasteiger partial charge is 0.456 e. The molecular weight excluding hydrogens is 246 g/mol. The summed E-state index contributed by atoms with van der Waals surface area (Å²) in [5.41, 5.74) is 9.40. The first-order valence-electron chi connectivity index (χ1n) is 7.24. The number of hydrogen-bond donors (Lipinski definition) is 1. The predicted molar refractivity (Wildman–Crippen MR) is 84.7 cm³/mol. The molecule has 2 nitrogen and oxygen atoms in total. The molecule has 3 rings (SSSR count). The Morgan fingerprint density at radius 2 is 1.60 bits per heavy atom. The van der Waals surface area contributed by atoms with Gasteiger partial charge in [-0.25, -0.2) is 0 Å². The van der Waals surface area contributed by atoms with Gasteiger partial charge in [-0.05, 0) is 29.5 Å². The summed E-state index contributed by atoms with van der Waals surface area (Å²) in [5, 5.41) is 2.33. The highest BCUT2D eigenvalue weighted by molar-refractivity contribution is 6.04. The van der Waals surface area contributed by atoms with Crippen LogP contribution < -0.4 is 5.73 Å². The Bertz CT molecular complexity index is 741. The molecule has 2 N–H and O–H groups in total. The maximum atomic E-state index is 6.38. The Hall–Kier alpha value is -1.80. The van der Waals surface area contributed by atoms with E-state index in [-0.39, 0.29) is 6.04 Å². The second-order valence-corrected chi connectivity index (χ2v) is 5.98. The maximum Gasteiger partial charge on any atom is 0.135 e. The van der Waals surface area contributed by atoms with Gasteiger partial charge in [0.2, 0.25) is 0 Å². The molecule has 0 fully saturated rings. The average molecular weight is 267 g/mol. The van der Waals surface area contributed by atoms with Gasteiger partial charge in [0.15, 0.2) is 0 Å². The van der Waals surface area contributed by atoms with E-state index in [2.05, 4.69) is 45.0 Å². The van der Waals surface area contributed by atoms with Crippen molar-refractivity contribution in [1.82, 2.24) is 0 Å². The predicted octanol–water partition coefficient (Wildman–Crippen LogP) is 4.88. The SMILES string of the molecule is CC(C)C(C)C(N)c1ccc2c(c1)oc1ccccc12. The van der Waals surface area contributed by atoms with E-state index >= 15 is 0 Å². The van der Waals surface area contributed by atoms with Gasteiger partial charge in [0.05, 0.1) is 0 Å². The Morgan fingerprint density at radius 3 is 2.35 bits per heavy atom. The smallest absolute Gasteiger partial charge is 0.135 e. The lowest BCUT2D eigenvalue weighted by molar-refractivity contribution is 0.352. The first-order chi connectivity index (χ1) is 9.58. The molecule has 0 saturated heterocycles. The topological polar surface area (TPSA) is 39.2 Å². The van der Waals surface area contributed by atoms with Crippen LogP contribution in [0.2, 0.25) is 0 Å². The van der Waals surface area contributed by atoms with Crippen molar-refractivity contribution < 1.29 is 4.42 Å². The van der Waals surface area contributed by atoms with Crippen LogP contribution in [0.25, 0.3) is 21.9 Å². The van der Waals surface area contributed by atoms with Gasteiger partial charge in [-0.1, -0.05) is 51.1 Å². The molecule has 1 aromatic heterocycles. The number of rotatable bonds is 3. The lowest BCUT2D eigenvalue weighted by atomic mass is 9.86. The van der Waals surface area contributed by atoms with Crippen LogP contribution in [0.1, 0.15) is 32.4 Å². The Morgan fingerprint density at radius 1 is 0.900 bits per heavy atom. The number of nitrogens with two attached hydrogens (primary N) is 1. The van der Waals surface area contributed by atoms with Crippen molar-refractivity contribution in [3.05, 3.63) is 48.0 Å². The molecule has 0 saturated carbocycles. The van der Waals surface area contributed by atoms with Crippen molar-refractivity contribution in [2.45, 2.75) is 26.8 Å². The summed E-state index contributed by atoms with van der Waals surface area (Å²) in [5.74, 6) is 1.01. The molecule has 0 radical (unpaired) electrons. The summed E-state index contributed by atoms with van der Waals surface area (Å²) in [4.78, 5) is 0. The lowest BCUT2D eigenvalue weighted by Crippen LogP contribution is -2.22. The van der Waals surface area contributed by atoms with Gasteiger partial charge in [-0.3, -0.25) is 0 Å². The number of hydrogen-bond acceptors (Lipinski definition) is 2. The molecule has 2 aromatic carbocycles. The van der Waals surface area contributed by atoms with Crippen molar-refractivity contribution in [2.24, 2.45) is 17.6 Å². The standard InChI is InChI=1S/C18H21NO/c1-11(2)12(3)18(19)13-8-9-15-14-6-4-5-7-16(14)20-17(15)10-13/h4-12,18H,19H2,1-3H3. The zero-order valence-corrected chi connectivity index (χ0v) is 12.3. The molecule has 0 amide bonds. The van der Waals surface area contributed by atoms with Crippen LogP contribution >= 0.6 is 0 Å². The summed E-state index contributed by atoms with van der Waals surface area (Å²) >= 11 is 0. The van der Waals surface area contributed by atoms with Gasteiger partial charge in [0.1, 0.15) is 11.2 Å². The van der Waals surface area contributed by atoms with E-state index in [1.807, 2.05) is 18.2 Å². The minimum atomic E-state index is 0.0487. The first-order valence-corrected chi connectivity index (χ1v) is 7.24. The van der Waals surface area contributed by atoms with E-state index in [0.29, 0.717) is 11.8 Å². The minimum absolute atomic E-state index is 0.0487. The van der Waals surface area contributed by atoms with Gasteiger partial charge in [0.25, 0.3) is 0 Å². The first kappa shape index (κ1) is 13.2. The molecule has 2 atom stereocenters. The molecule has 20 heavy (non-hydrogen) atoms. The molecule has 104 valence electrons. The molecule has 2 unspecified atom stereocenters. The molecule has 0 spiro atoms. The quantitative estimate of drug-likeness (QED) is 0.734. The Balaban J connectivity index is 2.09. The van der Waals surface area contributed by atoms with Crippen molar-refractivity contribution >= 4 is 21.9 Å².